The minimum Gasteiger partial charge on any atom is -0.409 e. The number of oxime groups is 1. The van der Waals surface area contributed by atoms with E-state index in [1.54, 1.807) is 6.20 Å². The van der Waals surface area contributed by atoms with Crippen LogP contribution in [0.3, 0.4) is 0 Å². The molecule has 98 valence electrons. The van der Waals surface area contributed by atoms with Crippen molar-refractivity contribution in [1.82, 2.24) is 9.97 Å². The molecule has 6 nitrogen and oxygen atoms in total. The molecule has 0 unspecified atom stereocenters. The molecule has 2 rings (SSSR count). The molecule has 1 aromatic rings. The number of hydrogen-bond acceptors (Lipinski definition) is 6. The third-order valence-electron chi connectivity index (χ3n) is 2.76. The maximum Gasteiger partial charge on any atom is 0.190 e. The Bertz CT molecular complexity index is 445. The Morgan fingerprint density at radius 3 is 2.83 bits per heavy atom. The van der Waals surface area contributed by atoms with E-state index in [0.29, 0.717) is 5.69 Å². The molecule has 0 aromatic carbocycles. The average molecular weight is 267 g/mol. The standard InChI is InChI=1S/C11H17N5OS/c1-11(2)7-16(3-4-18-11)9-6-13-8(5-14-9)10(12)15-17/h5-6,17H,3-4,7H2,1-2H3,(H2,12,15). The largest absolute Gasteiger partial charge is 0.409 e. The van der Waals surface area contributed by atoms with Gasteiger partial charge < -0.3 is 15.8 Å². The number of aromatic nitrogens is 2. The summed E-state index contributed by atoms with van der Waals surface area (Å²) in [5.74, 6) is 1.89. The van der Waals surface area contributed by atoms with Crippen LogP contribution >= 0.6 is 11.8 Å². The number of thioether (sulfide) groups is 1. The van der Waals surface area contributed by atoms with E-state index in [-0.39, 0.29) is 10.6 Å². The first-order valence-corrected chi connectivity index (χ1v) is 6.69. The van der Waals surface area contributed by atoms with Crippen LogP contribution in [0.15, 0.2) is 17.5 Å². The van der Waals surface area contributed by atoms with Gasteiger partial charge in [0.1, 0.15) is 11.5 Å². The molecule has 0 saturated carbocycles. The molecule has 18 heavy (non-hydrogen) atoms. The van der Waals surface area contributed by atoms with Gasteiger partial charge in [0.25, 0.3) is 0 Å². The van der Waals surface area contributed by atoms with E-state index in [2.05, 4.69) is 33.9 Å². The van der Waals surface area contributed by atoms with Crippen LogP contribution in [0, 0.1) is 0 Å². The van der Waals surface area contributed by atoms with Crippen molar-refractivity contribution in [3.8, 4) is 0 Å². The molecule has 1 aliphatic rings. The number of rotatable bonds is 2. The van der Waals surface area contributed by atoms with Crippen LogP contribution in [0.2, 0.25) is 0 Å². The Balaban J connectivity index is 2.14. The van der Waals surface area contributed by atoms with E-state index in [1.165, 1.54) is 6.20 Å². The lowest BCUT2D eigenvalue weighted by molar-refractivity contribution is 0.318. The summed E-state index contributed by atoms with van der Waals surface area (Å²) in [6, 6.07) is 0. The Labute approximate surface area is 110 Å². The number of amidine groups is 1. The van der Waals surface area contributed by atoms with Gasteiger partial charge >= 0.3 is 0 Å². The van der Waals surface area contributed by atoms with E-state index in [9.17, 15) is 0 Å². The van der Waals surface area contributed by atoms with E-state index in [1.807, 2.05) is 11.8 Å². The van der Waals surface area contributed by atoms with Crippen molar-refractivity contribution in [3.63, 3.8) is 0 Å². The van der Waals surface area contributed by atoms with Gasteiger partial charge in [0.2, 0.25) is 0 Å². The Hall–Kier alpha value is -1.50. The second-order valence-corrected chi connectivity index (χ2v) is 6.58. The van der Waals surface area contributed by atoms with Crippen molar-refractivity contribution >= 4 is 23.4 Å². The third-order valence-corrected chi connectivity index (χ3v) is 4.06. The normalized spacial score (nSPS) is 19.9. The molecule has 1 saturated heterocycles. The van der Waals surface area contributed by atoms with Gasteiger partial charge in [0.15, 0.2) is 5.84 Å². The van der Waals surface area contributed by atoms with Crippen molar-refractivity contribution in [2.24, 2.45) is 10.9 Å². The van der Waals surface area contributed by atoms with Crippen LogP contribution in [-0.4, -0.2) is 44.6 Å². The number of anilines is 1. The van der Waals surface area contributed by atoms with Crippen molar-refractivity contribution < 1.29 is 5.21 Å². The molecule has 1 aliphatic heterocycles. The minimum absolute atomic E-state index is 0.0245. The molecule has 1 aromatic heterocycles. The van der Waals surface area contributed by atoms with Gasteiger partial charge in [-0.1, -0.05) is 5.16 Å². The number of nitrogens with zero attached hydrogens (tertiary/aromatic N) is 4. The van der Waals surface area contributed by atoms with Crippen molar-refractivity contribution in [3.05, 3.63) is 18.1 Å². The molecule has 0 amide bonds. The average Bonchev–Trinajstić information content (AvgIpc) is 2.37. The fourth-order valence-corrected chi connectivity index (χ4v) is 2.99. The first kappa shape index (κ1) is 12.9. The molecule has 3 N–H and O–H groups in total. The molecule has 0 atom stereocenters. The molecule has 1 fully saturated rings. The molecule has 0 aliphatic carbocycles. The topological polar surface area (TPSA) is 87.6 Å². The second-order valence-electron chi connectivity index (χ2n) is 4.77. The van der Waals surface area contributed by atoms with Crippen molar-refractivity contribution in [2.75, 3.05) is 23.7 Å². The smallest absolute Gasteiger partial charge is 0.190 e. The summed E-state index contributed by atoms with van der Waals surface area (Å²) in [5.41, 5.74) is 5.83. The lowest BCUT2D eigenvalue weighted by Gasteiger charge is -2.38. The summed E-state index contributed by atoms with van der Waals surface area (Å²) in [6.07, 6.45) is 3.19. The second kappa shape index (κ2) is 5.01. The SMILES string of the molecule is CC1(C)CN(c2cnc(C(N)=NO)cn2)CCS1. The van der Waals surface area contributed by atoms with Crippen LogP contribution in [0.4, 0.5) is 5.82 Å². The highest BCUT2D eigenvalue weighted by molar-refractivity contribution is 8.00. The Kier molecular flexibility index (Phi) is 3.60. The van der Waals surface area contributed by atoms with E-state index in [0.717, 1.165) is 24.7 Å². The van der Waals surface area contributed by atoms with Gasteiger partial charge in [-0.05, 0) is 13.8 Å². The zero-order valence-electron chi connectivity index (χ0n) is 10.5. The first-order valence-electron chi connectivity index (χ1n) is 5.71. The molecular weight excluding hydrogens is 250 g/mol. The van der Waals surface area contributed by atoms with E-state index < -0.39 is 0 Å². The summed E-state index contributed by atoms with van der Waals surface area (Å²) in [4.78, 5) is 10.7. The predicted molar refractivity (Wildman–Crippen MR) is 73.3 cm³/mol. The van der Waals surface area contributed by atoms with Gasteiger partial charge in [-0.25, -0.2) is 9.97 Å². The van der Waals surface area contributed by atoms with E-state index in [4.69, 9.17) is 10.9 Å². The van der Waals surface area contributed by atoms with Crippen LogP contribution < -0.4 is 10.6 Å². The molecule has 7 heteroatoms. The van der Waals surface area contributed by atoms with Crippen LogP contribution in [0.25, 0.3) is 0 Å². The number of nitrogens with two attached hydrogens (primary N) is 1. The maximum absolute atomic E-state index is 8.56. The lowest BCUT2D eigenvalue weighted by atomic mass is 10.2. The number of hydrogen-bond donors (Lipinski definition) is 2. The van der Waals surface area contributed by atoms with Gasteiger partial charge in [-0.2, -0.15) is 11.8 Å². The van der Waals surface area contributed by atoms with E-state index >= 15 is 0 Å². The highest BCUT2D eigenvalue weighted by Crippen LogP contribution is 2.31. The quantitative estimate of drug-likeness (QED) is 0.358. The van der Waals surface area contributed by atoms with Crippen molar-refractivity contribution in [1.29, 1.82) is 0 Å². The molecule has 2 heterocycles. The highest BCUT2D eigenvalue weighted by atomic mass is 32.2. The van der Waals surface area contributed by atoms with Crippen molar-refractivity contribution in [2.45, 2.75) is 18.6 Å². The summed E-state index contributed by atoms with van der Waals surface area (Å²) in [5, 5.41) is 11.5. The Morgan fingerprint density at radius 2 is 2.28 bits per heavy atom. The van der Waals surface area contributed by atoms with Gasteiger partial charge in [0, 0.05) is 23.6 Å². The molecule has 0 radical (unpaired) electrons. The van der Waals surface area contributed by atoms with Gasteiger partial charge in [0.05, 0.1) is 12.4 Å². The third kappa shape index (κ3) is 2.84. The molecular formula is C11H17N5OS. The predicted octanol–water partition coefficient (Wildman–Crippen LogP) is 0.903. The lowest BCUT2D eigenvalue weighted by Crippen LogP contribution is -2.43. The summed E-state index contributed by atoms with van der Waals surface area (Å²) in [7, 11) is 0. The fraction of sp³-hybridized carbons (Fsp3) is 0.545. The van der Waals surface area contributed by atoms with Gasteiger partial charge in [-0.3, -0.25) is 0 Å². The zero-order chi connectivity index (χ0) is 13.2. The maximum atomic E-state index is 8.56. The van der Waals surface area contributed by atoms with Crippen LogP contribution in [0.1, 0.15) is 19.5 Å². The zero-order valence-corrected chi connectivity index (χ0v) is 11.3. The minimum atomic E-state index is -0.0245. The van der Waals surface area contributed by atoms with Crippen LogP contribution in [-0.2, 0) is 0 Å². The summed E-state index contributed by atoms with van der Waals surface area (Å²) < 4.78 is 0.226. The molecule has 0 bridgehead atoms. The monoisotopic (exact) mass is 267 g/mol. The summed E-state index contributed by atoms with van der Waals surface area (Å²) >= 11 is 1.97. The highest BCUT2D eigenvalue weighted by Gasteiger charge is 2.27. The summed E-state index contributed by atoms with van der Waals surface area (Å²) in [6.45, 7) is 6.35. The molecule has 0 spiro atoms. The Morgan fingerprint density at radius 1 is 1.50 bits per heavy atom. The van der Waals surface area contributed by atoms with Crippen LogP contribution in [0.5, 0.6) is 0 Å². The first-order chi connectivity index (χ1) is 8.52. The van der Waals surface area contributed by atoms with Gasteiger partial charge in [-0.15, -0.1) is 0 Å². The fourth-order valence-electron chi connectivity index (χ4n) is 1.88.